The molecule has 0 radical (unpaired) electrons. The number of nitrogens with zero attached hydrogens (tertiary/aromatic N) is 4. The number of hydrogen-bond donors (Lipinski definition) is 1. The summed E-state index contributed by atoms with van der Waals surface area (Å²) in [6.45, 7) is 2.34. The van der Waals surface area contributed by atoms with E-state index in [4.69, 9.17) is 4.99 Å². The van der Waals surface area contributed by atoms with Gasteiger partial charge in [-0.3, -0.25) is 10.3 Å². The van der Waals surface area contributed by atoms with Crippen molar-refractivity contribution >= 4 is 17.7 Å². The highest BCUT2D eigenvalue weighted by atomic mass is 19.2. The number of anilines is 1. The molecule has 30 heavy (non-hydrogen) atoms. The maximum Gasteiger partial charge on any atom is 0.159 e. The van der Waals surface area contributed by atoms with Crippen LogP contribution in [0.1, 0.15) is 42.0 Å². The van der Waals surface area contributed by atoms with E-state index in [9.17, 15) is 14.0 Å². The minimum absolute atomic E-state index is 0.228. The molecule has 5 rings (SSSR count). The molecule has 1 unspecified atom stereocenters. The van der Waals surface area contributed by atoms with E-state index in [1.807, 2.05) is 30.0 Å². The molecule has 3 atom stereocenters. The first-order valence-corrected chi connectivity index (χ1v) is 9.86. The van der Waals surface area contributed by atoms with Crippen molar-refractivity contribution in [3.05, 3.63) is 76.5 Å². The molecule has 150 valence electrons. The first kappa shape index (κ1) is 18.6. The maximum absolute atomic E-state index is 13.6. The Kier molecular flexibility index (Phi) is 4.44. The van der Waals surface area contributed by atoms with E-state index in [0.29, 0.717) is 29.4 Å². The molecule has 1 saturated carbocycles. The summed E-state index contributed by atoms with van der Waals surface area (Å²) in [7, 11) is 0. The summed E-state index contributed by atoms with van der Waals surface area (Å²) in [6, 6.07) is 11.6. The Morgan fingerprint density at radius 2 is 2.07 bits per heavy atom. The zero-order valence-electron chi connectivity index (χ0n) is 16.3. The van der Waals surface area contributed by atoms with Gasteiger partial charge in [-0.1, -0.05) is 12.1 Å². The number of fused-ring (bicyclic) bond motifs is 3. The summed E-state index contributed by atoms with van der Waals surface area (Å²) in [5, 5.41) is 12.6. The van der Waals surface area contributed by atoms with Crippen LogP contribution in [0.15, 0.2) is 58.2 Å². The fraction of sp³-hybridized carbons (Fsp3) is 0.261. The highest BCUT2D eigenvalue weighted by molar-refractivity contribution is 6.37. The monoisotopic (exact) mass is 403 g/mol. The molecule has 5 nitrogen and oxygen atoms in total. The zero-order chi connectivity index (χ0) is 20.8. The Labute approximate surface area is 173 Å². The second kappa shape index (κ2) is 7.15. The molecule has 3 aliphatic rings. The van der Waals surface area contributed by atoms with Gasteiger partial charge in [0.05, 0.1) is 30.1 Å². The van der Waals surface area contributed by atoms with Crippen molar-refractivity contribution in [2.45, 2.75) is 31.5 Å². The lowest BCUT2D eigenvalue weighted by molar-refractivity contribution is 0.463. The molecule has 1 N–H and O–H groups in total. The Balaban J connectivity index is 1.41. The minimum atomic E-state index is -0.865. The normalized spacial score (nSPS) is 22.4. The summed E-state index contributed by atoms with van der Waals surface area (Å²) in [5.41, 5.74) is 4.75. The number of rotatable bonds is 3. The number of aliphatic imine (C=N–C) groups is 2. The van der Waals surface area contributed by atoms with Gasteiger partial charge in [-0.05, 0) is 54.3 Å². The molecule has 1 fully saturated rings. The lowest BCUT2D eigenvalue weighted by atomic mass is 10.0. The molecular weight excluding hydrogens is 384 g/mol. The van der Waals surface area contributed by atoms with E-state index in [2.05, 4.69) is 22.6 Å². The van der Waals surface area contributed by atoms with Gasteiger partial charge in [0.15, 0.2) is 17.5 Å². The van der Waals surface area contributed by atoms with Gasteiger partial charge in [0.2, 0.25) is 0 Å². The van der Waals surface area contributed by atoms with Gasteiger partial charge in [-0.2, -0.15) is 5.26 Å². The van der Waals surface area contributed by atoms with Gasteiger partial charge in [-0.15, -0.1) is 0 Å². The third-order valence-electron chi connectivity index (χ3n) is 5.72. The second-order valence-corrected chi connectivity index (χ2v) is 7.78. The largest absolute Gasteiger partial charge is 0.301 e. The average Bonchev–Trinajstić information content (AvgIpc) is 3.54. The zero-order valence-corrected chi connectivity index (χ0v) is 16.3. The molecule has 2 heterocycles. The van der Waals surface area contributed by atoms with Crippen LogP contribution in [0.25, 0.3) is 0 Å². The fourth-order valence-electron chi connectivity index (χ4n) is 4.02. The van der Waals surface area contributed by atoms with Crippen LogP contribution in [-0.2, 0) is 0 Å². The van der Waals surface area contributed by atoms with Gasteiger partial charge in [0, 0.05) is 18.2 Å². The van der Waals surface area contributed by atoms with E-state index in [1.54, 1.807) is 12.3 Å². The van der Waals surface area contributed by atoms with Crippen LogP contribution in [0, 0.1) is 23.0 Å². The van der Waals surface area contributed by atoms with Crippen molar-refractivity contribution in [3.8, 4) is 6.07 Å². The third-order valence-corrected chi connectivity index (χ3v) is 5.72. The molecule has 0 amide bonds. The van der Waals surface area contributed by atoms with Crippen molar-refractivity contribution in [1.29, 1.82) is 5.26 Å². The number of nitriles is 1. The van der Waals surface area contributed by atoms with Crippen molar-refractivity contribution in [2.75, 3.05) is 11.4 Å². The fourth-order valence-corrected chi connectivity index (χ4v) is 4.02. The van der Waals surface area contributed by atoms with Gasteiger partial charge >= 0.3 is 0 Å². The molecule has 2 aromatic rings. The molecule has 0 bridgehead atoms. The standard InChI is InChI=1S/C23H19F2N5/c1-13(15-3-5-19(24)20(25)8-15)28-22-10-27-11-23(29-22)30-12-16-7-18(16)17-4-2-14(9-26)6-21(17)30/h2-6,8,11-13,18,22,28H,7,10H2,1H3/t13-,18+,22?/m0/s1. The lowest BCUT2D eigenvalue weighted by Crippen LogP contribution is -2.40. The second-order valence-electron chi connectivity index (χ2n) is 7.78. The van der Waals surface area contributed by atoms with Crippen LogP contribution >= 0.6 is 0 Å². The van der Waals surface area contributed by atoms with Crippen LogP contribution < -0.4 is 10.2 Å². The minimum Gasteiger partial charge on any atom is -0.301 e. The summed E-state index contributed by atoms with van der Waals surface area (Å²) in [6.07, 6.45) is 4.55. The Bertz CT molecular complexity index is 1160. The van der Waals surface area contributed by atoms with Gasteiger partial charge in [0.1, 0.15) is 6.17 Å². The smallest absolute Gasteiger partial charge is 0.159 e. The molecular formula is C23H19F2N5. The predicted octanol–water partition coefficient (Wildman–Crippen LogP) is 4.19. The predicted molar refractivity (Wildman–Crippen MR) is 112 cm³/mol. The van der Waals surface area contributed by atoms with Crippen molar-refractivity contribution in [3.63, 3.8) is 0 Å². The number of amidine groups is 1. The lowest BCUT2D eigenvalue weighted by Gasteiger charge is -2.29. The number of nitrogens with one attached hydrogen (secondary N) is 1. The van der Waals surface area contributed by atoms with E-state index in [1.165, 1.54) is 17.2 Å². The van der Waals surface area contributed by atoms with Crippen molar-refractivity contribution in [1.82, 2.24) is 5.32 Å². The molecule has 0 aromatic heterocycles. The Morgan fingerprint density at radius 1 is 1.20 bits per heavy atom. The molecule has 0 saturated heterocycles. The molecule has 7 heteroatoms. The first-order chi connectivity index (χ1) is 14.5. The highest BCUT2D eigenvalue weighted by Gasteiger charge is 2.39. The van der Waals surface area contributed by atoms with E-state index >= 15 is 0 Å². The van der Waals surface area contributed by atoms with Crippen LogP contribution in [-0.4, -0.2) is 24.8 Å². The first-order valence-electron chi connectivity index (χ1n) is 9.86. The van der Waals surface area contributed by atoms with Crippen molar-refractivity contribution in [2.24, 2.45) is 9.98 Å². The van der Waals surface area contributed by atoms with E-state index in [-0.39, 0.29) is 12.2 Å². The van der Waals surface area contributed by atoms with E-state index in [0.717, 1.165) is 18.2 Å². The summed E-state index contributed by atoms with van der Waals surface area (Å²) >= 11 is 0. The van der Waals surface area contributed by atoms with Gasteiger partial charge in [0.25, 0.3) is 0 Å². The number of benzene rings is 2. The maximum atomic E-state index is 13.6. The van der Waals surface area contributed by atoms with Crippen molar-refractivity contribution < 1.29 is 8.78 Å². The Morgan fingerprint density at radius 3 is 2.87 bits per heavy atom. The molecule has 2 aromatic carbocycles. The quantitative estimate of drug-likeness (QED) is 0.836. The molecule has 0 spiro atoms. The van der Waals surface area contributed by atoms with Gasteiger partial charge < -0.3 is 4.90 Å². The summed E-state index contributed by atoms with van der Waals surface area (Å²) in [4.78, 5) is 11.3. The SMILES string of the molecule is C[C@H](NC1CN=CC(N2C=C3C[C@H]3c3ccc(C#N)cc32)=N1)c1ccc(F)c(F)c1. The summed E-state index contributed by atoms with van der Waals surface area (Å²) < 4.78 is 26.8. The van der Waals surface area contributed by atoms with Gasteiger partial charge in [-0.25, -0.2) is 13.8 Å². The third kappa shape index (κ3) is 3.29. The highest BCUT2D eigenvalue weighted by Crippen LogP contribution is 2.53. The topological polar surface area (TPSA) is 63.8 Å². The average molecular weight is 403 g/mol. The Hall–Kier alpha value is -3.37. The van der Waals surface area contributed by atoms with Crippen LogP contribution in [0.3, 0.4) is 0 Å². The number of halogens is 2. The molecule has 2 aliphatic heterocycles. The van der Waals surface area contributed by atoms with Crippen LogP contribution in [0.5, 0.6) is 0 Å². The summed E-state index contributed by atoms with van der Waals surface area (Å²) in [5.74, 6) is -0.603. The van der Waals surface area contributed by atoms with E-state index < -0.39 is 11.6 Å². The molecule has 1 aliphatic carbocycles. The number of hydrogen-bond acceptors (Lipinski definition) is 5. The van der Waals surface area contributed by atoms with Crippen LogP contribution in [0.2, 0.25) is 0 Å². The van der Waals surface area contributed by atoms with Crippen LogP contribution in [0.4, 0.5) is 14.5 Å². The number of allylic oxidation sites excluding steroid dienone is 1.